The Morgan fingerprint density at radius 3 is 1.70 bits per heavy atom. The highest BCUT2D eigenvalue weighted by Gasteiger charge is 2.47. The summed E-state index contributed by atoms with van der Waals surface area (Å²) in [6.07, 6.45) is -2.24. The molecule has 23 nitrogen and oxygen atoms in total. The third kappa shape index (κ3) is 33.3. The molecule has 2 heterocycles. The maximum Gasteiger partial charge on any atom is 0.115 e. The molecule has 2 fully saturated rings. The molecule has 2 rings (SSSR count). The molecule has 0 aromatic carbocycles. The molecule has 0 amide bonds. The molecule has 21 N–H and O–H groups in total. The summed E-state index contributed by atoms with van der Waals surface area (Å²) < 4.78 is 11.6. The molecule has 0 bridgehead atoms. The normalized spacial score (nSPS) is 27.2. The lowest BCUT2D eigenvalue weighted by Crippen LogP contribution is -2.59. The monoisotopic (exact) mass is 1300 g/mol. The third-order valence-corrected chi connectivity index (χ3v) is 16.9. The Bertz CT molecular complexity index is 2150. The Kier molecular flexibility index (Phi) is 43.1. The first-order valence-corrected chi connectivity index (χ1v) is 32.6. The number of hydrogen-bond donors (Lipinski definition) is 21. The summed E-state index contributed by atoms with van der Waals surface area (Å²) in [6, 6.07) is 0. The van der Waals surface area contributed by atoms with Gasteiger partial charge in [0.2, 0.25) is 0 Å². The van der Waals surface area contributed by atoms with Crippen LogP contribution in [0.4, 0.5) is 0 Å². The van der Waals surface area contributed by atoms with E-state index >= 15 is 0 Å². The number of aliphatic hydroxyl groups excluding tert-OH is 21. The highest BCUT2D eigenvalue weighted by atomic mass is 16.6. The van der Waals surface area contributed by atoms with Crippen LogP contribution in [0.1, 0.15) is 155 Å². The Balaban J connectivity index is 1.77. The van der Waals surface area contributed by atoms with Crippen LogP contribution in [0.3, 0.4) is 0 Å². The second-order valence-electron chi connectivity index (χ2n) is 25.0. The molecule has 2 aliphatic rings. The Morgan fingerprint density at radius 1 is 0.505 bits per heavy atom. The molecule has 2 saturated heterocycles. The van der Waals surface area contributed by atoms with E-state index in [1.165, 1.54) is 18.2 Å². The van der Waals surface area contributed by atoms with Crippen LogP contribution in [0.25, 0.3) is 0 Å². The fourth-order valence-corrected chi connectivity index (χ4v) is 10.9. The number of unbranched alkanes of at least 4 members (excludes halogenated alkanes) is 4. The van der Waals surface area contributed by atoms with Gasteiger partial charge in [0.15, 0.2) is 0 Å². The Morgan fingerprint density at radius 2 is 1.07 bits per heavy atom. The first-order valence-electron chi connectivity index (χ1n) is 32.6. The summed E-state index contributed by atoms with van der Waals surface area (Å²) in [5.41, 5.74) is 0.481. The van der Waals surface area contributed by atoms with Gasteiger partial charge in [0.05, 0.1) is 92.1 Å². The van der Waals surface area contributed by atoms with Crippen LogP contribution in [-0.4, -0.2) is 260 Å². The van der Waals surface area contributed by atoms with Crippen molar-refractivity contribution in [2.45, 2.75) is 302 Å². The van der Waals surface area contributed by atoms with Crippen molar-refractivity contribution >= 4 is 0 Å². The molecule has 0 aromatic heterocycles. The maximum atomic E-state index is 11.2. The van der Waals surface area contributed by atoms with E-state index in [1.807, 2.05) is 42.5 Å². The van der Waals surface area contributed by atoms with Crippen molar-refractivity contribution in [1.29, 1.82) is 0 Å². The minimum Gasteiger partial charge on any atom is -0.394 e. The SMILES string of the molecule is C=CCC/C=C/C=C/C=C/CC/C=C/C(O)C(O)C1OC(C(O)C(O)C(=C)CCC(O)C2CC(O)C(O)C(C(O)C(O)/C=C(\C)CCC(O)CC(O)C(O)C(C)CC(O)C(O)CCCCCC(O)CCCC(O)/C=C/CC(O)/C=C/CC(O)CO)O2)CC(O)C1O. The Labute approximate surface area is 538 Å². The summed E-state index contributed by atoms with van der Waals surface area (Å²) in [5, 5.41) is 223. The van der Waals surface area contributed by atoms with Gasteiger partial charge in [-0.05, 0) is 121 Å². The van der Waals surface area contributed by atoms with E-state index in [0.29, 0.717) is 63.4 Å². The quantitative estimate of drug-likeness (QED) is 0.0229. The molecule has 23 heteroatoms. The smallest absolute Gasteiger partial charge is 0.115 e. The molecule has 0 radical (unpaired) electrons. The van der Waals surface area contributed by atoms with Gasteiger partial charge in [0, 0.05) is 19.3 Å². The molecular weight excluding hydrogens is 1180 g/mol. The predicted molar refractivity (Wildman–Crippen MR) is 343 cm³/mol. The van der Waals surface area contributed by atoms with Crippen molar-refractivity contribution in [1.82, 2.24) is 0 Å². The highest BCUT2D eigenvalue weighted by molar-refractivity contribution is 5.13. The zero-order valence-electron chi connectivity index (χ0n) is 53.4. The molecule has 25 atom stereocenters. The second kappa shape index (κ2) is 46.8. The van der Waals surface area contributed by atoms with E-state index in [9.17, 15) is 102 Å². The van der Waals surface area contributed by atoms with Gasteiger partial charge >= 0.3 is 0 Å². The molecular formula is C68H116O23. The zero-order chi connectivity index (χ0) is 68.2. The largest absolute Gasteiger partial charge is 0.394 e. The summed E-state index contributed by atoms with van der Waals surface area (Å²) in [5.74, 6) is -0.675. The summed E-state index contributed by atoms with van der Waals surface area (Å²) in [7, 11) is 0. The summed E-state index contributed by atoms with van der Waals surface area (Å²) in [6.45, 7) is 10.3. The van der Waals surface area contributed by atoms with Gasteiger partial charge in [-0.2, -0.15) is 0 Å². The molecule has 526 valence electrons. The van der Waals surface area contributed by atoms with Crippen molar-refractivity contribution in [3.8, 4) is 0 Å². The van der Waals surface area contributed by atoms with E-state index in [-0.39, 0.29) is 82.8 Å². The van der Waals surface area contributed by atoms with Crippen LogP contribution in [0.5, 0.6) is 0 Å². The topological polar surface area (TPSA) is 443 Å². The molecule has 25 unspecified atom stereocenters. The van der Waals surface area contributed by atoms with Crippen LogP contribution in [0, 0.1) is 5.92 Å². The van der Waals surface area contributed by atoms with Crippen molar-refractivity contribution in [3.05, 3.63) is 109 Å². The van der Waals surface area contributed by atoms with Crippen LogP contribution in [0.15, 0.2) is 109 Å². The average Bonchev–Trinajstić information content (AvgIpc) is 0.918. The minimum absolute atomic E-state index is 0.00551. The molecule has 0 aromatic rings. The highest BCUT2D eigenvalue weighted by Crippen LogP contribution is 2.32. The molecule has 2 aliphatic heterocycles. The molecule has 0 spiro atoms. The fraction of sp³-hybridized carbons (Fsp3) is 0.735. The first kappa shape index (κ1) is 83.8. The van der Waals surface area contributed by atoms with Gasteiger partial charge in [0.1, 0.15) is 61.0 Å². The number of ether oxygens (including phenoxy) is 2. The van der Waals surface area contributed by atoms with Gasteiger partial charge in [0.25, 0.3) is 0 Å². The van der Waals surface area contributed by atoms with E-state index in [0.717, 1.165) is 12.8 Å². The molecule has 91 heavy (non-hydrogen) atoms. The molecule has 0 aliphatic carbocycles. The van der Waals surface area contributed by atoms with Crippen molar-refractivity contribution in [2.24, 2.45) is 5.92 Å². The fourth-order valence-electron chi connectivity index (χ4n) is 10.9. The Hall–Kier alpha value is -3.26. The van der Waals surface area contributed by atoms with Gasteiger partial charge in [-0.1, -0.05) is 123 Å². The zero-order valence-corrected chi connectivity index (χ0v) is 53.4. The van der Waals surface area contributed by atoms with Crippen LogP contribution < -0.4 is 0 Å². The average molecular weight is 1300 g/mol. The lowest BCUT2D eigenvalue weighted by Gasteiger charge is -2.42. The minimum atomic E-state index is -1.83. The maximum absolute atomic E-state index is 11.2. The number of aliphatic hydroxyl groups is 21. The van der Waals surface area contributed by atoms with E-state index < -0.39 is 152 Å². The van der Waals surface area contributed by atoms with Crippen LogP contribution >= 0.6 is 0 Å². The van der Waals surface area contributed by atoms with Gasteiger partial charge in [-0.15, -0.1) is 6.58 Å². The summed E-state index contributed by atoms with van der Waals surface area (Å²) in [4.78, 5) is 0. The lowest BCUT2D eigenvalue weighted by molar-refractivity contribution is -0.234. The third-order valence-electron chi connectivity index (χ3n) is 16.9. The van der Waals surface area contributed by atoms with Crippen LogP contribution in [-0.2, 0) is 9.47 Å². The number of rotatable bonds is 48. The van der Waals surface area contributed by atoms with Gasteiger partial charge in [-0.3, -0.25) is 0 Å². The first-order chi connectivity index (χ1) is 43.1. The van der Waals surface area contributed by atoms with Gasteiger partial charge in [-0.25, -0.2) is 0 Å². The number of hydrogen-bond acceptors (Lipinski definition) is 23. The van der Waals surface area contributed by atoms with E-state index in [4.69, 9.17) is 14.6 Å². The second-order valence-corrected chi connectivity index (χ2v) is 25.0. The standard InChI is InChI=1S/C68H116O23/c1-5-6-7-8-9-10-11-12-13-14-15-18-31-52(77)62(85)67-65(88)57(82)40-59(91-67)66(89)61(84)43(3)33-35-51(76)58-39-56(81)64(87)68(90-58)63(86)54(79)36-42(2)32-34-48(73)38-55(80)60(83)44(4)37-53(78)50(75)30-19-16-17-23-45(70)24-20-25-46(71)26-21-27-47(72)28-22-29-49(74)41-69/h5,8-13,18,21-22,26,28,31,36,44-89H,1,3,6-7,14-17,19-20,23-25,27,29-30,32-35,37-41H2,2,4H3/b9-8+,11-10+,13-12+,26-21+,28-22+,31-18+,42-36+. The number of allylic oxidation sites excluding steroid dienone is 9. The van der Waals surface area contributed by atoms with Crippen molar-refractivity contribution < 1.29 is 117 Å². The van der Waals surface area contributed by atoms with Crippen LogP contribution in [0.2, 0.25) is 0 Å². The molecule has 0 saturated carbocycles. The van der Waals surface area contributed by atoms with Crippen molar-refractivity contribution in [2.75, 3.05) is 6.61 Å². The van der Waals surface area contributed by atoms with E-state index in [1.54, 1.807) is 38.2 Å². The van der Waals surface area contributed by atoms with Crippen molar-refractivity contribution in [3.63, 3.8) is 0 Å². The van der Waals surface area contributed by atoms with E-state index in [2.05, 4.69) is 13.2 Å². The summed E-state index contributed by atoms with van der Waals surface area (Å²) >= 11 is 0. The lowest BCUT2D eigenvalue weighted by atomic mass is 9.87. The predicted octanol–water partition coefficient (Wildman–Crippen LogP) is 0.976. The van der Waals surface area contributed by atoms with Gasteiger partial charge < -0.3 is 117 Å².